The second-order valence-electron chi connectivity index (χ2n) is 4.27. The molecule has 0 aliphatic carbocycles. The van der Waals surface area contributed by atoms with Crippen molar-refractivity contribution in [1.82, 2.24) is 14.5 Å². The summed E-state index contributed by atoms with van der Waals surface area (Å²) in [5, 5.41) is 15.6. The van der Waals surface area contributed by atoms with Crippen LogP contribution in [0.15, 0.2) is 5.38 Å². The number of piperidine rings is 1. The lowest BCUT2D eigenvalue weighted by molar-refractivity contribution is 0.0594. The number of aliphatic hydroxyl groups is 1. The van der Waals surface area contributed by atoms with Gasteiger partial charge in [-0.2, -0.15) is 0 Å². The molecule has 0 saturated carbocycles. The Morgan fingerprint density at radius 3 is 3.27 bits per heavy atom. The molecule has 1 aromatic heterocycles. The highest BCUT2D eigenvalue weighted by Gasteiger charge is 2.23. The molecule has 1 aromatic rings. The van der Waals surface area contributed by atoms with Gasteiger partial charge in [0.1, 0.15) is 0 Å². The zero-order valence-corrected chi connectivity index (χ0v) is 9.78. The van der Waals surface area contributed by atoms with Crippen LogP contribution in [0.25, 0.3) is 0 Å². The fourth-order valence-electron chi connectivity index (χ4n) is 2.11. The molecule has 1 N–H and O–H groups in total. The molecule has 2 heterocycles. The maximum atomic E-state index is 9.57. The Morgan fingerprint density at radius 2 is 2.60 bits per heavy atom. The summed E-state index contributed by atoms with van der Waals surface area (Å²) in [6.07, 6.45) is 2.12. The fraction of sp³-hybridized carbons (Fsp3) is 0.800. The summed E-state index contributed by atoms with van der Waals surface area (Å²) >= 11 is 1.40. The number of aromatic nitrogens is 2. The van der Waals surface area contributed by atoms with Gasteiger partial charge in [0.25, 0.3) is 0 Å². The Bertz CT molecular complexity index is 289. The van der Waals surface area contributed by atoms with Crippen molar-refractivity contribution in [3.63, 3.8) is 0 Å². The van der Waals surface area contributed by atoms with Crippen LogP contribution in [0.4, 0.5) is 0 Å². The van der Waals surface area contributed by atoms with E-state index in [2.05, 4.69) is 14.5 Å². The van der Waals surface area contributed by atoms with E-state index in [0.717, 1.165) is 31.7 Å². The molecule has 0 amide bonds. The molecule has 2 atom stereocenters. The van der Waals surface area contributed by atoms with E-state index in [0.29, 0.717) is 5.92 Å². The molecule has 0 unspecified atom stereocenters. The molecule has 0 spiro atoms. The van der Waals surface area contributed by atoms with E-state index in [4.69, 9.17) is 0 Å². The second kappa shape index (κ2) is 5.01. The van der Waals surface area contributed by atoms with E-state index in [-0.39, 0.29) is 6.10 Å². The molecule has 15 heavy (non-hydrogen) atoms. The maximum Gasteiger partial charge on any atom is 0.0895 e. The lowest BCUT2D eigenvalue weighted by Gasteiger charge is -2.33. The van der Waals surface area contributed by atoms with Gasteiger partial charge < -0.3 is 5.11 Å². The van der Waals surface area contributed by atoms with Gasteiger partial charge in [-0.15, -0.1) is 5.10 Å². The van der Waals surface area contributed by atoms with Crippen molar-refractivity contribution in [1.29, 1.82) is 0 Å². The van der Waals surface area contributed by atoms with Crippen LogP contribution < -0.4 is 0 Å². The maximum absolute atomic E-state index is 9.57. The van der Waals surface area contributed by atoms with E-state index < -0.39 is 0 Å². The first-order valence-electron chi connectivity index (χ1n) is 5.42. The van der Waals surface area contributed by atoms with Crippen LogP contribution in [-0.4, -0.2) is 38.8 Å². The average molecular weight is 227 g/mol. The van der Waals surface area contributed by atoms with Crippen molar-refractivity contribution >= 4 is 11.5 Å². The predicted octanol–water partition coefficient (Wildman–Crippen LogP) is 1.13. The van der Waals surface area contributed by atoms with E-state index in [1.165, 1.54) is 18.0 Å². The van der Waals surface area contributed by atoms with Crippen LogP contribution in [0.2, 0.25) is 0 Å². The van der Waals surface area contributed by atoms with Crippen molar-refractivity contribution in [2.24, 2.45) is 5.92 Å². The monoisotopic (exact) mass is 227 g/mol. The minimum absolute atomic E-state index is 0.193. The number of likely N-dealkylation sites (tertiary alicyclic amines) is 1. The number of hydrogen-bond donors (Lipinski definition) is 1. The third-order valence-corrected chi connectivity index (χ3v) is 3.57. The first kappa shape index (κ1) is 11.0. The van der Waals surface area contributed by atoms with Crippen molar-refractivity contribution in [3.05, 3.63) is 11.1 Å². The standard InChI is InChI=1S/C10H17N3OS/c1-8(14)9-3-2-4-13(5-9)6-10-7-15-12-11-10/h7-9,14H,2-6H2,1H3/t8-,9+/m1/s1. The topological polar surface area (TPSA) is 49.2 Å². The second-order valence-corrected chi connectivity index (χ2v) is 4.88. The molecule has 0 bridgehead atoms. The average Bonchev–Trinajstić information content (AvgIpc) is 2.71. The molecule has 0 radical (unpaired) electrons. The van der Waals surface area contributed by atoms with Gasteiger partial charge in [-0.1, -0.05) is 4.49 Å². The predicted molar refractivity (Wildman–Crippen MR) is 59.6 cm³/mol. The normalized spacial score (nSPS) is 25.3. The lowest BCUT2D eigenvalue weighted by Crippen LogP contribution is -2.39. The van der Waals surface area contributed by atoms with Crippen LogP contribution in [0.1, 0.15) is 25.5 Å². The summed E-state index contributed by atoms with van der Waals surface area (Å²) in [6.45, 7) is 4.86. The number of aliphatic hydroxyl groups excluding tert-OH is 1. The summed E-state index contributed by atoms with van der Waals surface area (Å²) in [6, 6.07) is 0. The van der Waals surface area contributed by atoms with Crippen LogP contribution in [-0.2, 0) is 6.54 Å². The van der Waals surface area contributed by atoms with Crippen molar-refractivity contribution < 1.29 is 5.11 Å². The van der Waals surface area contributed by atoms with E-state index >= 15 is 0 Å². The van der Waals surface area contributed by atoms with Gasteiger partial charge in [0.05, 0.1) is 11.8 Å². The molecule has 4 nitrogen and oxygen atoms in total. The highest BCUT2D eigenvalue weighted by Crippen LogP contribution is 2.20. The third-order valence-electron chi connectivity index (χ3n) is 3.01. The molecule has 0 aromatic carbocycles. The molecule has 1 fully saturated rings. The largest absolute Gasteiger partial charge is 0.393 e. The lowest BCUT2D eigenvalue weighted by atomic mass is 9.93. The molecule has 84 valence electrons. The Kier molecular flexibility index (Phi) is 3.66. The van der Waals surface area contributed by atoms with Gasteiger partial charge in [-0.3, -0.25) is 4.90 Å². The quantitative estimate of drug-likeness (QED) is 0.841. The Balaban J connectivity index is 1.88. The summed E-state index contributed by atoms with van der Waals surface area (Å²) in [4.78, 5) is 2.36. The molecule has 1 saturated heterocycles. The first-order chi connectivity index (χ1) is 7.25. The summed E-state index contributed by atoms with van der Waals surface area (Å²) in [7, 11) is 0. The first-order valence-corrected chi connectivity index (χ1v) is 6.25. The van der Waals surface area contributed by atoms with Gasteiger partial charge in [-0.05, 0) is 43.8 Å². The Morgan fingerprint density at radius 1 is 1.73 bits per heavy atom. The van der Waals surface area contributed by atoms with Gasteiger partial charge in [-0.25, -0.2) is 0 Å². The summed E-state index contributed by atoms with van der Waals surface area (Å²) < 4.78 is 3.86. The van der Waals surface area contributed by atoms with E-state index in [1.54, 1.807) is 0 Å². The van der Waals surface area contributed by atoms with Crippen LogP contribution in [0, 0.1) is 5.92 Å². The van der Waals surface area contributed by atoms with Gasteiger partial charge in [0.2, 0.25) is 0 Å². The highest BCUT2D eigenvalue weighted by molar-refractivity contribution is 7.03. The number of hydrogen-bond acceptors (Lipinski definition) is 5. The van der Waals surface area contributed by atoms with Gasteiger partial charge in [0.15, 0.2) is 0 Å². The number of nitrogens with zero attached hydrogens (tertiary/aromatic N) is 3. The number of rotatable bonds is 3. The summed E-state index contributed by atoms with van der Waals surface area (Å²) in [5.74, 6) is 0.422. The molecule has 5 heteroatoms. The minimum atomic E-state index is -0.193. The SMILES string of the molecule is C[C@@H](O)[C@H]1CCCN(Cc2csnn2)C1. The van der Waals surface area contributed by atoms with Crippen LogP contribution in [0.3, 0.4) is 0 Å². The van der Waals surface area contributed by atoms with Crippen molar-refractivity contribution in [2.45, 2.75) is 32.4 Å². The molecular formula is C10H17N3OS. The molecule has 1 aliphatic heterocycles. The Labute approximate surface area is 94.1 Å². The fourth-order valence-corrected chi connectivity index (χ4v) is 2.55. The van der Waals surface area contributed by atoms with Gasteiger partial charge in [0, 0.05) is 18.5 Å². The van der Waals surface area contributed by atoms with Crippen LogP contribution in [0.5, 0.6) is 0 Å². The zero-order valence-electron chi connectivity index (χ0n) is 8.96. The highest BCUT2D eigenvalue weighted by atomic mass is 32.1. The van der Waals surface area contributed by atoms with E-state index in [9.17, 15) is 5.11 Å². The molecule has 2 rings (SSSR count). The van der Waals surface area contributed by atoms with Gasteiger partial charge >= 0.3 is 0 Å². The zero-order chi connectivity index (χ0) is 10.7. The third kappa shape index (κ3) is 2.96. The molecule has 1 aliphatic rings. The smallest absolute Gasteiger partial charge is 0.0895 e. The van der Waals surface area contributed by atoms with E-state index in [1.807, 2.05) is 12.3 Å². The van der Waals surface area contributed by atoms with Crippen LogP contribution >= 0.6 is 11.5 Å². The van der Waals surface area contributed by atoms with Crippen molar-refractivity contribution in [3.8, 4) is 0 Å². The molecular weight excluding hydrogens is 210 g/mol. The Hall–Kier alpha value is -0.520. The summed E-state index contributed by atoms with van der Waals surface area (Å²) in [5.41, 5.74) is 1.05. The van der Waals surface area contributed by atoms with Crippen molar-refractivity contribution in [2.75, 3.05) is 13.1 Å². The minimum Gasteiger partial charge on any atom is -0.393 e.